The fourth-order valence-corrected chi connectivity index (χ4v) is 7.35. The third kappa shape index (κ3) is 8.12. The number of halogens is 2. The van der Waals surface area contributed by atoms with Gasteiger partial charge in [-0.05, 0) is 51.5 Å². The molecule has 2 saturated heterocycles. The monoisotopic (exact) mass is 642 g/mol. The summed E-state index contributed by atoms with van der Waals surface area (Å²) in [5.41, 5.74) is -0.355. The number of carbonyl (C=O) groups is 3. The third-order valence-corrected chi connectivity index (χ3v) is 9.92. The lowest BCUT2D eigenvalue weighted by Crippen LogP contribution is -2.58. The van der Waals surface area contributed by atoms with E-state index >= 15 is 4.39 Å². The van der Waals surface area contributed by atoms with Gasteiger partial charge in [-0.25, -0.2) is 8.78 Å². The molecule has 3 aliphatic rings. The van der Waals surface area contributed by atoms with Crippen LogP contribution in [0.2, 0.25) is 0 Å². The van der Waals surface area contributed by atoms with Crippen LogP contribution in [0.5, 0.6) is 0 Å². The van der Waals surface area contributed by atoms with Crippen molar-refractivity contribution in [1.82, 2.24) is 31.3 Å². The summed E-state index contributed by atoms with van der Waals surface area (Å²) in [6, 6.07) is 3.62. The molecule has 3 heterocycles. The Balaban J connectivity index is 1.33. The van der Waals surface area contributed by atoms with E-state index in [1.54, 1.807) is 17.9 Å². The number of rotatable bonds is 9. The molecule has 3 amide bonds. The lowest BCUT2D eigenvalue weighted by Gasteiger charge is -2.40. The Bertz CT molecular complexity index is 1350. The van der Waals surface area contributed by atoms with Gasteiger partial charge in [-0.15, -0.1) is 0 Å². The molecule has 252 valence electrons. The first kappa shape index (κ1) is 34.0. The molecule has 46 heavy (non-hydrogen) atoms. The van der Waals surface area contributed by atoms with Gasteiger partial charge in [0.1, 0.15) is 23.4 Å². The number of benzene rings is 1. The highest BCUT2D eigenvalue weighted by molar-refractivity contribution is 5.97. The zero-order chi connectivity index (χ0) is 32.7. The summed E-state index contributed by atoms with van der Waals surface area (Å²) in [5.74, 6) is -2.00. The van der Waals surface area contributed by atoms with Crippen LogP contribution in [0.4, 0.5) is 8.78 Å². The molecule has 2 aliphatic heterocycles. The predicted octanol–water partition coefficient (Wildman–Crippen LogP) is 4.43. The van der Waals surface area contributed by atoms with Crippen molar-refractivity contribution in [2.24, 2.45) is 5.92 Å². The second kappa shape index (κ2) is 15.5. The summed E-state index contributed by atoms with van der Waals surface area (Å²) >= 11 is 0. The summed E-state index contributed by atoms with van der Waals surface area (Å²) in [6.45, 7) is 5.14. The van der Waals surface area contributed by atoms with Crippen molar-refractivity contribution >= 4 is 17.7 Å². The molecule has 5 rings (SSSR count). The number of nitrogens with one attached hydrogen (secondary N) is 4. The number of hydrogen-bond acceptors (Lipinski definition) is 7. The van der Waals surface area contributed by atoms with E-state index in [1.807, 2.05) is 6.92 Å². The van der Waals surface area contributed by atoms with Gasteiger partial charge < -0.3 is 20.1 Å². The molecule has 2 aromatic rings. The molecule has 1 aromatic heterocycles. The van der Waals surface area contributed by atoms with E-state index in [0.29, 0.717) is 31.0 Å². The minimum absolute atomic E-state index is 0.0212. The van der Waals surface area contributed by atoms with Crippen molar-refractivity contribution in [2.45, 2.75) is 115 Å². The molecule has 4 atom stereocenters. The van der Waals surface area contributed by atoms with Crippen LogP contribution in [0.3, 0.4) is 0 Å². The van der Waals surface area contributed by atoms with Gasteiger partial charge in [0.2, 0.25) is 11.8 Å². The van der Waals surface area contributed by atoms with Crippen LogP contribution in [0, 0.1) is 24.5 Å². The predicted molar refractivity (Wildman–Crippen MR) is 169 cm³/mol. The molecule has 1 saturated carbocycles. The SMILES string of the molecule is Cc1cc(C(=O)N[C@@H](CC(=O)N2CCCC2)C(=O)N[C@@H](C)C2NCC(c3ccc(F)cc3F)(C3CCCCCCCCC3)N2)no1. The first-order valence-electron chi connectivity index (χ1n) is 17.0. The highest BCUT2D eigenvalue weighted by atomic mass is 19.1. The molecule has 0 spiro atoms. The highest BCUT2D eigenvalue weighted by Gasteiger charge is 2.48. The Hall–Kier alpha value is -3.38. The van der Waals surface area contributed by atoms with E-state index in [4.69, 9.17) is 4.52 Å². The van der Waals surface area contributed by atoms with Gasteiger partial charge in [0.25, 0.3) is 5.91 Å². The average molecular weight is 643 g/mol. The lowest BCUT2D eigenvalue weighted by molar-refractivity contribution is -0.134. The maximum absolute atomic E-state index is 15.5. The molecule has 0 radical (unpaired) electrons. The number of amides is 3. The Kier molecular flexibility index (Phi) is 11.4. The van der Waals surface area contributed by atoms with Gasteiger partial charge in [-0.2, -0.15) is 0 Å². The van der Waals surface area contributed by atoms with Gasteiger partial charge in [-0.1, -0.05) is 56.2 Å². The standard InChI is InChI=1S/C34H48F2N6O4/c1-22-18-29(41-46-22)33(45)39-28(20-30(43)42-16-10-11-17-42)32(44)38-23(2)31-37-21-34(40-31,26-15-14-25(35)19-27(26)36)24-12-8-6-4-3-5-7-9-13-24/h14-15,18-19,23-24,28,31,37,40H,3-13,16-17,20-21H2,1-2H3,(H,38,44)(H,39,45)/t23-,28-,31?,34?/m0/s1. The van der Waals surface area contributed by atoms with Crippen LogP contribution in [-0.4, -0.2) is 65.7 Å². The number of aryl methyl sites for hydroxylation is 1. The largest absolute Gasteiger partial charge is 0.361 e. The Morgan fingerprint density at radius 2 is 1.67 bits per heavy atom. The maximum atomic E-state index is 15.5. The van der Waals surface area contributed by atoms with Crippen LogP contribution in [-0.2, 0) is 15.1 Å². The summed E-state index contributed by atoms with van der Waals surface area (Å²) in [7, 11) is 0. The number of hydrogen-bond donors (Lipinski definition) is 4. The van der Waals surface area contributed by atoms with E-state index in [9.17, 15) is 18.8 Å². The number of aromatic nitrogens is 1. The fourth-order valence-electron chi connectivity index (χ4n) is 7.35. The first-order chi connectivity index (χ1) is 22.2. The van der Waals surface area contributed by atoms with Crippen LogP contribution in [0.25, 0.3) is 0 Å². The van der Waals surface area contributed by atoms with Gasteiger partial charge >= 0.3 is 0 Å². The summed E-state index contributed by atoms with van der Waals surface area (Å²) in [6.07, 6.45) is 10.9. The Labute approximate surface area is 269 Å². The highest BCUT2D eigenvalue weighted by Crippen LogP contribution is 2.41. The van der Waals surface area contributed by atoms with Gasteiger partial charge in [0.05, 0.1) is 24.2 Å². The van der Waals surface area contributed by atoms with Crippen molar-refractivity contribution in [1.29, 1.82) is 0 Å². The molecule has 10 nitrogen and oxygen atoms in total. The van der Waals surface area contributed by atoms with E-state index in [-0.39, 0.29) is 23.9 Å². The molecule has 3 fully saturated rings. The summed E-state index contributed by atoms with van der Waals surface area (Å²) in [5, 5.41) is 16.6. The van der Waals surface area contributed by atoms with E-state index in [0.717, 1.165) is 57.4 Å². The summed E-state index contributed by atoms with van der Waals surface area (Å²) in [4.78, 5) is 41.5. The van der Waals surface area contributed by atoms with Crippen molar-refractivity contribution in [2.75, 3.05) is 19.6 Å². The summed E-state index contributed by atoms with van der Waals surface area (Å²) < 4.78 is 34.6. The zero-order valence-electron chi connectivity index (χ0n) is 27.0. The molecular weight excluding hydrogens is 594 g/mol. The molecule has 0 bridgehead atoms. The first-order valence-corrected chi connectivity index (χ1v) is 17.0. The van der Waals surface area contributed by atoms with Crippen LogP contribution in [0.15, 0.2) is 28.8 Å². The molecule has 1 aliphatic carbocycles. The van der Waals surface area contributed by atoms with Crippen LogP contribution in [0.1, 0.15) is 106 Å². The van der Waals surface area contributed by atoms with E-state index in [1.165, 1.54) is 31.4 Å². The average Bonchev–Trinajstić information content (AvgIpc) is 3.81. The van der Waals surface area contributed by atoms with Gasteiger partial charge in [-0.3, -0.25) is 25.0 Å². The van der Waals surface area contributed by atoms with Gasteiger partial charge in [0, 0.05) is 37.3 Å². The number of nitrogens with zero attached hydrogens (tertiary/aromatic N) is 2. The lowest BCUT2D eigenvalue weighted by atomic mass is 9.73. The second-order valence-electron chi connectivity index (χ2n) is 13.3. The quantitative estimate of drug-likeness (QED) is 0.319. The minimum Gasteiger partial charge on any atom is -0.361 e. The molecular formula is C34H48F2N6O4. The molecule has 4 N–H and O–H groups in total. The van der Waals surface area contributed by atoms with E-state index in [2.05, 4.69) is 26.4 Å². The maximum Gasteiger partial charge on any atom is 0.274 e. The second-order valence-corrected chi connectivity index (χ2v) is 13.3. The van der Waals surface area contributed by atoms with Crippen molar-refractivity contribution in [3.8, 4) is 0 Å². The number of carbonyl (C=O) groups excluding carboxylic acids is 3. The molecule has 12 heteroatoms. The van der Waals surface area contributed by atoms with Crippen LogP contribution >= 0.6 is 0 Å². The minimum atomic E-state index is -1.14. The Morgan fingerprint density at radius 1 is 1.00 bits per heavy atom. The van der Waals surface area contributed by atoms with Crippen molar-refractivity contribution in [3.63, 3.8) is 0 Å². The molecule has 2 unspecified atom stereocenters. The topological polar surface area (TPSA) is 129 Å². The number of likely N-dealkylation sites (tertiary alicyclic amines) is 1. The van der Waals surface area contributed by atoms with E-state index < -0.39 is 47.2 Å². The van der Waals surface area contributed by atoms with Crippen LogP contribution < -0.4 is 21.3 Å². The smallest absolute Gasteiger partial charge is 0.274 e. The Morgan fingerprint density at radius 3 is 2.30 bits per heavy atom. The van der Waals surface area contributed by atoms with Crippen molar-refractivity contribution in [3.05, 3.63) is 52.9 Å². The van der Waals surface area contributed by atoms with Crippen molar-refractivity contribution < 1.29 is 27.7 Å². The third-order valence-electron chi connectivity index (χ3n) is 9.92. The normalized spacial score (nSPS) is 24.3. The molecule has 1 aromatic carbocycles. The zero-order valence-corrected chi connectivity index (χ0v) is 27.0. The fraction of sp³-hybridized carbons (Fsp3) is 0.647. The van der Waals surface area contributed by atoms with Gasteiger partial charge in [0.15, 0.2) is 5.69 Å².